The van der Waals surface area contributed by atoms with Crippen LogP contribution in [0.2, 0.25) is 0 Å². The van der Waals surface area contributed by atoms with E-state index in [2.05, 4.69) is 0 Å². The average molecular weight is 369 g/mol. The lowest BCUT2D eigenvalue weighted by molar-refractivity contribution is -0.137. The van der Waals surface area contributed by atoms with Crippen LogP contribution < -0.4 is 14.2 Å². The molecule has 26 heavy (non-hydrogen) atoms. The summed E-state index contributed by atoms with van der Waals surface area (Å²) < 4.78 is 53.2. The Hall–Kier alpha value is -2.90. The normalized spacial score (nSPS) is 11.0. The molecule has 0 saturated heterocycles. The van der Waals surface area contributed by atoms with Gasteiger partial charge in [0, 0.05) is 14.1 Å². The van der Waals surface area contributed by atoms with Crippen LogP contribution in [0.3, 0.4) is 0 Å². The fourth-order valence-electron chi connectivity index (χ4n) is 1.86. The average Bonchev–Trinajstić information content (AvgIpc) is 2.59. The van der Waals surface area contributed by atoms with E-state index in [1.54, 1.807) is 38.4 Å². The molecule has 0 unspecified atom stereocenters. The highest BCUT2D eigenvalue weighted by molar-refractivity contribution is 5.69. The molecule has 0 atom stereocenters. The summed E-state index contributed by atoms with van der Waals surface area (Å²) in [6.07, 6.45) is -4.85. The maximum absolute atomic E-state index is 12.5. The van der Waals surface area contributed by atoms with Crippen LogP contribution >= 0.6 is 0 Å². The largest absolute Gasteiger partial charge is 0.490 e. The third-order valence-electron chi connectivity index (χ3n) is 3.20. The highest BCUT2D eigenvalue weighted by atomic mass is 19.4. The second-order valence-corrected chi connectivity index (χ2v) is 5.45. The molecule has 0 aliphatic heterocycles. The minimum absolute atomic E-state index is 0.169. The van der Waals surface area contributed by atoms with E-state index < -0.39 is 17.8 Å². The summed E-state index contributed by atoms with van der Waals surface area (Å²) in [6, 6.07) is 10.9. The van der Waals surface area contributed by atoms with E-state index in [0.29, 0.717) is 17.2 Å². The molecule has 0 saturated carbocycles. The zero-order chi connectivity index (χ0) is 19.2. The van der Waals surface area contributed by atoms with E-state index in [1.807, 2.05) is 0 Å². The molecule has 0 radical (unpaired) electrons. The quantitative estimate of drug-likeness (QED) is 0.716. The van der Waals surface area contributed by atoms with Gasteiger partial charge in [0.15, 0.2) is 0 Å². The van der Waals surface area contributed by atoms with Crippen molar-refractivity contribution in [3.05, 3.63) is 54.1 Å². The molecular formula is C18H18F3NO4. The Bertz CT molecular complexity index is 713. The Balaban J connectivity index is 1.75. The lowest BCUT2D eigenvalue weighted by Gasteiger charge is -2.12. The number of halogens is 3. The van der Waals surface area contributed by atoms with Crippen LogP contribution in [-0.2, 0) is 6.18 Å². The maximum Gasteiger partial charge on any atom is 0.416 e. The van der Waals surface area contributed by atoms with Crippen LogP contribution in [0.15, 0.2) is 48.5 Å². The molecule has 5 nitrogen and oxygen atoms in total. The zero-order valence-electron chi connectivity index (χ0n) is 14.2. The molecule has 1 amide bonds. The highest BCUT2D eigenvalue weighted by Crippen LogP contribution is 2.30. The van der Waals surface area contributed by atoms with Crippen molar-refractivity contribution < 1.29 is 32.2 Å². The molecule has 140 valence electrons. The van der Waals surface area contributed by atoms with Gasteiger partial charge in [-0.2, -0.15) is 13.2 Å². The molecule has 0 bridgehead atoms. The topological polar surface area (TPSA) is 48.0 Å². The fourth-order valence-corrected chi connectivity index (χ4v) is 1.86. The van der Waals surface area contributed by atoms with E-state index in [4.69, 9.17) is 14.2 Å². The van der Waals surface area contributed by atoms with E-state index in [-0.39, 0.29) is 13.2 Å². The Labute approximate surface area is 148 Å². The molecule has 8 heteroatoms. The summed E-state index contributed by atoms with van der Waals surface area (Å²) in [5, 5.41) is 0. The molecule has 0 heterocycles. The number of ether oxygens (including phenoxy) is 3. The molecule has 0 N–H and O–H groups in total. The molecular weight excluding hydrogens is 351 g/mol. The fraction of sp³-hybridized carbons (Fsp3) is 0.278. The lowest BCUT2D eigenvalue weighted by atomic mass is 10.2. The number of carbonyl (C=O) groups excluding carboxylic acids is 1. The molecule has 0 aliphatic carbocycles. The summed E-state index contributed by atoms with van der Waals surface area (Å²) in [5.41, 5.74) is -0.726. The Morgan fingerprint density at radius 1 is 0.846 bits per heavy atom. The van der Waals surface area contributed by atoms with E-state index in [1.165, 1.54) is 17.0 Å². The first kappa shape index (κ1) is 19.4. The van der Waals surface area contributed by atoms with Gasteiger partial charge >= 0.3 is 12.3 Å². The third-order valence-corrected chi connectivity index (χ3v) is 3.20. The van der Waals surface area contributed by atoms with E-state index in [9.17, 15) is 18.0 Å². The SMILES string of the molecule is CN(C)C(=O)Oc1ccc(OCCOc2ccc(C(F)(F)F)cc2)cc1. The highest BCUT2D eigenvalue weighted by Gasteiger charge is 2.29. The molecule has 2 rings (SSSR count). The summed E-state index contributed by atoms with van der Waals surface area (Å²) in [6.45, 7) is 0.376. The number of alkyl halides is 3. The number of hydrogen-bond acceptors (Lipinski definition) is 4. The number of carbonyl (C=O) groups is 1. The van der Waals surface area contributed by atoms with Crippen molar-refractivity contribution in [3.63, 3.8) is 0 Å². The van der Waals surface area contributed by atoms with Crippen molar-refractivity contribution in [1.82, 2.24) is 4.90 Å². The minimum Gasteiger partial charge on any atom is -0.490 e. The van der Waals surface area contributed by atoms with Crippen LogP contribution in [0.25, 0.3) is 0 Å². The summed E-state index contributed by atoms with van der Waals surface area (Å²) in [5.74, 6) is 1.26. The van der Waals surface area contributed by atoms with Crippen LogP contribution in [0.5, 0.6) is 17.2 Å². The Morgan fingerprint density at radius 3 is 1.69 bits per heavy atom. The van der Waals surface area contributed by atoms with Crippen molar-refractivity contribution in [2.75, 3.05) is 27.3 Å². The van der Waals surface area contributed by atoms with Gasteiger partial charge in [0.1, 0.15) is 30.5 Å². The minimum atomic E-state index is -4.37. The molecule has 0 aromatic heterocycles. The number of benzene rings is 2. The number of amides is 1. The Kier molecular flexibility index (Phi) is 6.32. The van der Waals surface area contributed by atoms with Crippen LogP contribution in [-0.4, -0.2) is 38.3 Å². The number of hydrogen-bond donors (Lipinski definition) is 0. The van der Waals surface area contributed by atoms with E-state index >= 15 is 0 Å². The molecule has 0 spiro atoms. The third kappa shape index (κ3) is 5.87. The van der Waals surface area contributed by atoms with Gasteiger partial charge in [0.2, 0.25) is 0 Å². The van der Waals surface area contributed by atoms with Crippen LogP contribution in [0.1, 0.15) is 5.56 Å². The van der Waals surface area contributed by atoms with E-state index in [0.717, 1.165) is 12.1 Å². The summed E-state index contributed by atoms with van der Waals surface area (Å²) in [7, 11) is 3.16. The predicted octanol–water partition coefficient (Wildman–Crippen LogP) is 4.22. The molecule has 0 aliphatic rings. The number of nitrogens with zero attached hydrogens (tertiary/aromatic N) is 1. The maximum atomic E-state index is 12.5. The predicted molar refractivity (Wildman–Crippen MR) is 88.6 cm³/mol. The van der Waals surface area contributed by atoms with Gasteiger partial charge in [-0.05, 0) is 48.5 Å². The standard InChI is InChI=1S/C18H18F3NO4/c1-22(2)17(23)26-16-9-7-15(8-10-16)25-12-11-24-14-5-3-13(4-6-14)18(19,20)21/h3-10H,11-12H2,1-2H3. The molecule has 0 fully saturated rings. The van der Waals surface area contributed by atoms with Gasteiger partial charge in [-0.1, -0.05) is 0 Å². The van der Waals surface area contributed by atoms with Gasteiger partial charge < -0.3 is 19.1 Å². The first-order valence-electron chi connectivity index (χ1n) is 7.68. The monoisotopic (exact) mass is 369 g/mol. The zero-order valence-corrected chi connectivity index (χ0v) is 14.2. The van der Waals surface area contributed by atoms with Crippen molar-refractivity contribution in [1.29, 1.82) is 0 Å². The van der Waals surface area contributed by atoms with Crippen LogP contribution in [0.4, 0.5) is 18.0 Å². The summed E-state index contributed by atoms with van der Waals surface area (Å²) >= 11 is 0. The Morgan fingerprint density at radius 2 is 1.27 bits per heavy atom. The van der Waals surface area contributed by atoms with Crippen molar-refractivity contribution in [2.45, 2.75) is 6.18 Å². The van der Waals surface area contributed by atoms with Gasteiger partial charge in [0.05, 0.1) is 5.56 Å². The second-order valence-electron chi connectivity index (χ2n) is 5.45. The van der Waals surface area contributed by atoms with Crippen LogP contribution in [0, 0.1) is 0 Å². The molecule has 2 aromatic carbocycles. The smallest absolute Gasteiger partial charge is 0.416 e. The molecule has 2 aromatic rings. The van der Waals surface area contributed by atoms with Crippen molar-refractivity contribution in [3.8, 4) is 17.2 Å². The van der Waals surface area contributed by atoms with Crippen molar-refractivity contribution in [2.24, 2.45) is 0 Å². The van der Waals surface area contributed by atoms with Gasteiger partial charge in [-0.25, -0.2) is 4.79 Å². The van der Waals surface area contributed by atoms with Gasteiger partial charge in [-0.3, -0.25) is 0 Å². The van der Waals surface area contributed by atoms with Crippen molar-refractivity contribution >= 4 is 6.09 Å². The summed E-state index contributed by atoms with van der Waals surface area (Å²) in [4.78, 5) is 12.7. The number of rotatable bonds is 6. The first-order valence-corrected chi connectivity index (χ1v) is 7.68. The lowest BCUT2D eigenvalue weighted by Crippen LogP contribution is -2.25. The van der Waals surface area contributed by atoms with Gasteiger partial charge in [-0.15, -0.1) is 0 Å². The second kappa shape index (κ2) is 8.46. The van der Waals surface area contributed by atoms with Gasteiger partial charge in [0.25, 0.3) is 0 Å². The first-order chi connectivity index (χ1) is 12.3.